The third-order valence-corrected chi connectivity index (χ3v) is 5.42. The maximum Gasteiger partial charge on any atom is 0.453 e. The minimum atomic E-state index is -4.93. The highest BCUT2D eigenvalue weighted by atomic mass is 35.5. The first-order chi connectivity index (χ1) is 13.4. The van der Waals surface area contributed by atoms with Gasteiger partial charge in [0.2, 0.25) is 5.76 Å². The molecule has 11 heteroatoms. The molecule has 0 atom stereocenters. The molecule has 0 bridgehead atoms. The number of sulfone groups is 1. The van der Waals surface area contributed by atoms with Crippen LogP contribution in [0, 0.1) is 5.82 Å². The normalized spacial score (nSPS) is 12.2. The molecular formula is C18H12ClF4NO4S. The summed E-state index contributed by atoms with van der Waals surface area (Å²) in [5.74, 6) is -2.36. The number of ether oxygens (including phenoxy) is 1. The van der Waals surface area contributed by atoms with Crippen LogP contribution in [0.5, 0.6) is 5.75 Å². The first-order valence-corrected chi connectivity index (χ1v) is 10.1. The van der Waals surface area contributed by atoms with Gasteiger partial charge in [0, 0.05) is 11.8 Å². The van der Waals surface area contributed by atoms with Gasteiger partial charge in [0.1, 0.15) is 22.2 Å². The monoisotopic (exact) mass is 449 g/mol. The van der Waals surface area contributed by atoms with E-state index < -0.39 is 38.0 Å². The number of hydrogen-bond acceptors (Lipinski definition) is 5. The standard InChI is InChI=1S/C18H12ClF4NO4S/c1-27-13-5-3-10(7-11(13)19)16-15(17(28-24-16)18(21,22)23)9-4-6-14(12(20)8-9)29(2,25)26/h3-8H,1-2H3. The number of rotatable bonds is 4. The second kappa shape index (κ2) is 7.34. The van der Waals surface area contributed by atoms with E-state index >= 15 is 0 Å². The lowest BCUT2D eigenvalue weighted by Gasteiger charge is -2.10. The highest BCUT2D eigenvalue weighted by Crippen LogP contribution is 2.44. The zero-order valence-corrected chi connectivity index (χ0v) is 16.4. The molecule has 0 spiro atoms. The SMILES string of the molecule is COc1ccc(-c2noc(C(F)(F)F)c2-c2ccc(S(C)(=O)=O)c(F)c2)cc1Cl. The van der Waals surface area contributed by atoms with Crippen LogP contribution in [0.4, 0.5) is 17.6 Å². The van der Waals surface area contributed by atoms with Crippen LogP contribution in [-0.2, 0) is 16.0 Å². The summed E-state index contributed by atoms with van der Waals surface area (Å²) in [6.07, 6.45) is -4.14. The lowest BCUT2D eigenvalue weighted by atomic mass is 9.98. The van der Waals surface area contributed by atoms with Crippen LogP contribution < -0.4 is 4.74 Å². The van der Waals surface area contributed by atoms with Gasteiger partial charge in [-0.25, -0.2) is 12.8 Å². The van der Waals surface area contributed by atoms with Crippen molar-refractivity contribution in [3.05, 3.63) is 53.0 Å². The third kappa shape index (κ3) is 4.08. The number of methoxy groups -OCH3 is 1. The minimum absolute atomic E-state index is 0.117. The topological polar surface area (TPSA) is 69.4 Å². The van der Waals surface area contributed by atoms with Gasteiger partial charge in [-0.1, -0.05) is 22.8 Å². The molecule has 0 aliphatic heterocycles. The fourth-order valence-corrected chi connectivity index (χ4v) is 3.71. The summed E-state index contributed by atoms with van der Waals surface area (Å²) in [5, 5.41) is 3.61. The molecule has 0 saturated carbocycles. The van der Waals surface area contributed by atoms with Crippen LogP contribution in [0.15, 0.2) is 45.8 Å². The molecule has 0 saturated heterocycles. The summed E-state index contributed by atoms with van der Waals surface area (Å²) in [4.78, 5) is -0.639. The van der Waals surface area contributed by atoms with Crippen LogP contribution in [0.3, 0.4) is 0 Å². The smallest absolute Gasteiger partial charge is 0.453 e. The lowest BCUT2D eigenvalue weighted by molar-refractivity contribution is -0.154. The molecule has 29 heavy (non-hydrogen) atoms. The number of alkyl halides is 3. The zero-order valence-electron chi connectivity index (χ0n) is 14.8. The zero-order chi connectivity index (χ0) is 21.6. The van der Waals surface area contributed by atoms with Crippen LogP contribution in [-0.4, -0.2) is 26.9 Å². The molecule has 0 unspecified atom stereocenters. The molecule has 154 valence electrons. The van der Waals surface area contributed by atoms with E-state index in [1.54, 1.807) is 0 Å². The van der Waals surface area contributed by atoms with E-state index in [1.165, 1.54) is 25.3 Å². The maximum absolute atomic E-state index is 14.3. The molecule has 0 radical (unpaired) electrons. The molecule has 3 aromatic rings. The van der Waals surface area contributed by atoms with Crippen molar-refractivity contribution in [3.8, 4) is 28.1 Å². The largest absolute Gasteiger partial charge is 0.495 e. The second-order valence-electron chi connectivity index (χ2n) is 6.00. The second-order valence-corrected chi connectivity index (χ2v) is 8.39. The van der Waals surface area contributed by atoms with E-state index in [1.807, 2.05) is 0 Å². The average molecular weight is 450 g/mol. The summed E-state index contributed by atoms with van der Waals surface area (Å²) >= 11 is 6.04. The van der Waals surface area contributed by atoms with Crippen molar-refractivity contribution in [2.75, 3.05) is 13.4 Å². The van der Waals surface area contributed by atoms with E-state index in [4.69, 9.17) is 16.3 Å². The van der Waals surface area contributed by atoms with Crippen LogP contribution in [0.25, 0.3) is 22.4 Å². The predicted octanol–water partition coefficient (Wildman–Crippen LogP) is 5.23. The van der Waals surface area contributed by atoms with Crippen LogP contribution >= 0.6 is 11.6 Å². The Kier molecular flexibility index (Phi) is 5.35. The van der Waals surface area contributed by atoms with Crippen molar-refractivity contribution in [2.24, 2.45) is 0 Å². The summed E-state index contributed by atoms with van der Waals surface area (Å²) in [5.41, 5.74) is -0.880. The van der Waals surface area contributed by atoms with E-state index in [0.717, 1.165) is 18.4 Å². The number of hydrogen-bond donors (Lipinski definition) is 0. The Balaban J connectivity index is 2.26. The van der Waals surface area contributed by atoms with Gasteiger partial charge in [0.25, 0.3) is 0 Å². The molecule has 0 aliphatic rings. The van der Waals surface area contributed by atoms with Gasteiger partial charge in [0.15, 0.2) is 9.84 Å². The van der Waals surface area contributed by atoms with E-state index in [0.29, 0.717) is 11.8 Å². The molecule has 3 rings (SSSR count). The fraction of sp³-hybridized carbons (Fsp3) is 0.167. The van der Waals surface area contributed by atoms with E-state index in [9.17, 15) is 26.0 Å². The number of nitrogens with zero attached hydrogens (tertiary/aromatic N) is 1. The lowest BCUT2D eigenvalue weighted by Crippen LogP contribution is -2.06. The predicted molar refractivity (Wildman–Crippen MR) is 97.0 cm³/mol. The van der Waals surface area contributed by atoms with Gasteiger partial charge in [-0.15, -0.1) is 0 Å². The van der Waals surface area contributed by atoms with E-state index in [2.05, 4.69) is 9.68 Å². The quantitative estimate of drug-likeness (QED) is 0.510. The van der Waals surface area contributed by atoms with Gasteiger partial charge >= 0.3 is 6.18 Å². The van der Waals surface area contributed by atoms with Crippen molar-refractivity contribution >= 4 is 21.4 Å². The van der Waals surface area contributed by atoms with E-state index in [-0.39, 0.29) is 21.8 Å². The summed E-state index contributed by atoms with van der Waals surface area (Å²) in [6.45, 7) is 0. The molecule has 0 N–H and O–H groups in total. The highest BCUT2D eigenvalue weighted by Gasteiger charge is 2.41. The maximum atomic E-state index is 14.3. The first kappa shape index (κ1) is 21.1. The van der Waals surface area contributed by atoms with Crippen molar-refractivity contribution < 1.29 is 35.2 Å². The van der Waals surface area contributed by atoms with Crippen LogP contribution in [0.1, 0.15) is 5.76 Å². The molecule has 5 nitrogen and oxygen atoms in total. The van der Waals surface area contributed by atoms with Crippen molar-refractivity contribution in [3.63, 3.8) is 0 Å². The van der Waals surface area contributed by atoms with Gasteiger partial charge in [-0.3, -0.25) is 0 Å². The van der Waals surface area contributed by atoms with Gasteiger partial charge in [-0.05, 0) is 35.9 Å². The van der Waals surface area contributed by atoms with Gasteiger partial charge in [-0.2, -0.15) is 13.2 Å². The van der Waals surface area contributed by atoms with Crippen molar-refractivity contribution in [1.29, 1.82) is 0 Å². The fourth-order valence-electron chi connectivity index (χ4n) is 2.72. The highest BCUT2D eigenvalue weighted by molar-refractivity contribution is 7.90. The number of benzene rings is 2. The average Bonchev–Trinajstić information content (AvgIpc) is 3.05. The van der Waals surface area contributed by atoms with Gasteiger partial charge in [0.05, 0.1) is 17.7 Å². The van der Waals surface area contributed by atoms with Crippen LogP contribution in [0.2, 0.25) is 5.02 Å². The Bertz CT molecular complexity index is 1190. The third-order valence-electron chi connectivity index (χ3n) is 3.99. The summed E-state index contributed by atoms with van der Waals surface area (Å²) in [6, 6.07) is 6.79. The molecule has 2 aromatic carbocycles. The molecule has 1 heterocycles. The Labute approximate surface area is 167 Å². The number of halogens is 5. The molecule has 1 aromatic heterocycles. The molecule has 0 aliphatic carbocycles. The Morgan fingerprint density at radius 2 is 1.76 bits per heavy atom. The molecule has 0 fully saturated rings. The summed E-state index contributed by atoms with van der Waals surface area (Å²) < 4.78 is 87.4. The summed E-state index contributed by atoms with van der Waals surface area (Å²) in [7, 11) is -2.53. The van der Waals surface area contributed by atoms with Crippen molar-refractivity contribution in [2.45, 2.75) is 11.1 Å². The Hall–Kier alpha value is -2.59. The minimum Gasteiger partial charge on any atom is -0.495 e. The Morgan fingerprint density at radius 1 is 1.10 bits per heavy atom. The molecule has 0 amide bonds. The van der Waals surface area contributed by atoms with Crippen molar-refractivity contribution in [1.82, 2.24) is 5.16 Å². The Morgan fingerprint density at radius 3 is 2.28 bits per heavy atom. The first-order valence-electron chi connectivity index (χ1n) is 7.84. The number of aromatic nitrogens is 1. The molecular weight excluding hydrogens is 438 g/mol. The van der Waals surface area contributed by atoms with Gasteiger partial charge < -0.3 is 9.26 Å².